The number of carbonyl (C=O) groups excluding carboxylic acids is 2. The molecule has 3 aromatic rings. The third-order valence-electron chi connectivity index (χ3n) is 6.29. The molecule has 4 rings (SSSR count). The minimum absolute atomic E-state index is 0.253. The lowest BCUT2D eigenvalue weighted by Crippen LogP contribution is -2.42. The first-order chi connectivity index (χ1) is 17.0. The van der Waals surface area contributed by atoms with Crippen LogP contribution in [0.2, 0.25) is 0 Å². The molecular formula is C28H27N3O3S. The number of thiol groups is 1. The zero-order chi connectivity index (χ0) is 24.6. The van der Waals surface area contributed by atoms with Crippen LogP contribution in [0, 0.1) is 17.2 Å². The summed E-state index contributed by atoms with van der Waals surface area (Å²) in [5.74, 6) is 0.253. The van der Waals surface area contributed by atoms with Crippen molar-refractivity contribution in [2.45, 2.75) is 19.4 Å². The predicted molar refractivity (Wildman–Crippen MR) is 139 cm³/mol. The van der Waals surface area contributed by atoms with Crippen LogP contribution < -0.4 is 4.90 Å². The number of anilines is 1. The molecule has 7 heteroatoms. The highest BCUT2D eigenvalue weighted by atomic mass is 32.1. The molecule has 0 aromatic heterocycles. The molecule has 1 aliphatic heterocycles. The lowest BCUT2D eigenvalue weighted by Gasteiger charge is -2.34. The van der Waals surface area contributed by atoms with Gasteiger partial charge < -0.3 is 14.5 Å². The van der Waals surface area contributed by atoms with E-state index in [0.717, 1.165) is 35.2 Å². The molecule has 0 N–H and O–H groups in total. The van der Waals surface area contributed by atoms with Crippen LogP contribution in [-0.2, 0) is 11.3 Å². The van der Waals surface area contributed by atoms with E-state index >= 15 is 0 Å². The van der Waals surface area contributed by atoms with Crippen LogP contribution in [-0.4, -0.2) is 35.9 Å². The van der Waals surface area contributed by atoms with E-state index in [-0.39, 0.29) is 23.9 Å². The molecule has 0 spiro atoms. The molecule has 0 aliphatic carbocycles. The van der Waals surface area contributed by atoms with Crippen LogP contribution in [0.1, 0.15) is 24.0 Å². The first kappa shape index (κ1) is 24.4. The van der Waals surface area contributed by atoms with Gasteiger partial charge >= 0.3 is 6.09 Å². The van der Waals surface area contributed by atoms with Gasteiger partial charge in [-0.15, -0.1) is 0 Å². The average Bonchev–Trinajstić information content (AvgIpc) is 2.91. The monoisotopic (exact) mass is 485 g/mol. The molecule has 1 heterocycles. The van der Waals surface area contributed by atoms with Gasteiger partial charge in [-0.2, -0.15) is 5.26 Å². The maximum Gasteiger partial charge on any atom is 0.410 e. The zero-order valence-corrected chi connectivity index (χ0v) is 20.2. The van der Waals surface area contributed by atoms with Gasteiger partial charge in [-0.3, -0.25) is 4.79 Å². The van der Waals surface area contributed by atoms with Crippen LogP contribution in [0.4, 0.5) is 15.3 Å². The van der Waals surface area contributed by atoms with E-state index < -0.39 is 0 Å². The van der Waals surface area contributed by atoms with Gasteiger partial charge in [0.1, 0.15) is 6.61 Å². The minimum atomic E-state index is -0.320. The van der Waals surface area contributed by atoms with Crippen LogP contribution in [0.5, 0.6) is 0 Å². The molecule has 3 aromatic carbocycles. The van der Waals surface area contributed by atoms with Crippen molar-refractivity contribution in [2.24, 2.45) is 5.92 Å². The summed E-state index contributed by atoms with van der Waals surface area (Å²) in [5, 5.41) is 9.05. The number of ether oxygens (including phenoxy) is 1. The van der Waals surface area contributed by atoms with Gasteiger partial charge in [0.2, 0.25) is 0 Å². The van der Waals surface area contributed by atoms with E-state index in [4.69, 9.17) is 4.74 Å². The molecule has 0 bridgehead atoms. The van der Waals surface area contributed by atoms with Crippen LogP contribution in [0.3, 0.4) is 0 Å². The maximum atomic E-state index is 12.4. The van der Waals surface area contributed by atoms with E-state index in [1.54, 1.807) is 15.9 Å². The average molecular weight is 486 g/mol. The molecule has 1 aliphatic rings. The van der Waals surface area contributed by atoms with Gasteiger partial charge in [-0.25, -0.2) is 4.79 Å². The van der Waals surface area contributed by atoms with Gasteiger partial charge in [0.05, 0.1) is 11.6 Å². The Hall–Kier alpha value is -3.76. The fourth-order valence-electron chi connectivity index (χ4n) is 4.31. The lowest BCUT2D eigenvalue weighted by atomic mass is 9.96. The van der Waals surface area contributed by atoms with Crippen molar-refractivity contribution in [3.8, 4) is 17.2 Å². The Bertz CT molecular complexity index is 1200. The molecular weight excluding hydrogens is 458 g/mol. The number of benzene rings is 3. The first-order valence-electron chi connectivity index (χ1n) is 11.6. The van der Waals surface area contributed by atoms with Gasteiger partial charge in [-0.05, 0) is 53.6 Å². The Morgan fingerprint density at radius 2 is 1.63 bits per heavy atom. The van der Waals surface area contributed by atoms with Gasteiger partial charge in [-0.1, -0.05) is 73.3 Å². The number of carbonyl (C=O) groups is 2. The number of piperidine rings is 1. The third-order valence-corrected chi connectivity index (χ3v) is 6.53. The van der Waals surface area contributed by atoms with Crippen molar-refractivity contribution in [2.75, 3.05) is 24.5 Å². The molecule has 178 valence electrons. The second kappa shape index (κ2) is 11.6. The Labute approximate surface area is 211 Å². The molecule has 1 saturated heterocycles. The van der Waals surface area contributed by atoms with Crippen LogP contribution >= 0.6 is 12.6 Å². The Morgan fingerprint density at radius 3 is 2.29 bits per heavy atom. The number of hydrogen-bond acceptors (Lipinski definition) is 4. The van der Waals surface area contributed by atoms with Gasteiger partial charge in [0.25, 0.3) is 5.24 Å². The normalized spacial score (nSPS) is 13.7. The fourth-order valence-corrected chi connectivity index (χ4v) is 4.51. The number of rotatable bonds is 6. The van der Waals surface area contributed by atoms with Crippen molar-refractivity contribution in [1.29, 1.82) is 5.26 Å². The molecule has 2 amide bonds. The predicted octanol–water partition coefficient (Wildman–Crippen LogP) is 6.13. The summed E-state index contributed by atoms with van der Waals surface area (Å²) in [4.78, 5) is 28.2. The summed E-state index contributed by atoms with van der Waals surface area (Å²) < 4.78 is 5.45. The number of hydrogen-bond donors (Lipinski definition) is 1. The SMILES string of the molecule is N#Cc1ccccc1-c1ccc(N(CC2CCN(C(=O)OCc3ccccc3)CC2)C(=O)S)cc1. The van der Waals surface area contributed by atoms with E-state index in [0.29, 0.717) is 25.2 Å². The second-order valence-electron chi connectivity index (χ2n) is 8.57. The van der Waals surface area contributed by atoms with Gasteiger partial charge in [0.15, 0.2) is 0 Å². The van der Waals surface area contributed by atoms with Crippen molar-refractivity contribution in [3.63, 3.8) is 0 Å². The minimum Gasteiger partial charge on any atom is -0.445 e. The summed E-state index contributed by atoms with van der Waals surface area (Å²) in [5.41, 5.74) is 4.10. The van der Waals surface area contributed by atoms with Crippen LogP contribution in [0.25, 0.3) is 11.1 Å². The molecule has 0 unspecified atom stereocenters. The molecule has 6 nitrogen and oxygen atoms in total. The fraction of sp³-hybridized carbons (Fsp3) is 0.250. The maximum absolute atomic E-state index is 12.4. The summed E-state index contributed by atoms with van der Waals surface area (Å²) in [6.07, 6.45) is 1.26. The third kappa shape index (κ3) is 6.23. The van der Waals surface area contributed by atoms with Crippen LogP contribution in [0.15, 0.2) is 78.9 Å². The lowest BCUT2D eigenvalue weighted by molar-refractivity contribution is 0.0829. The number of nitrogens with zero attached hydrogens (tertiary/aromatic N) is 3. The standard InChI is InChI=1S/C28H27N3O3S/c29-18-24-8-4-5-9-26(24)23-10-12-25(13-11-23)31(28(33)35)19-21-14-16-30(17-15-21)27(32)34-20-22-6-2-1-3-7-22/h1-13,21H,14-17,19-20H2,(H,33,35). The molecule has 0 saturated carbocycles. The highest BCUT2D eigenvalue weighted by Crippen LogP contribution is 2.28. The summed E-state index contributed by atoms with van der Waals surface area (Å²) in [6, 6.07) is 26.9. The van der Waals surface area contributed by atoms with Crippen molar-refractivity contribution in [1.82, 2.24) is 4.90 Å². The quantitative estimate of drug-likeness (QED) is 0.426. The Morgan fingerprint density at radius 1 is 0.971 bits per heavy atom. The first-order valence-corrected chi connectivity index (χ1v) is 12.1. The Kier molecular flexibility index (Phi) is 8.07. The zero-order valence-electron chi connectivity index (χ0n) is 19.3. The van der Waals surface area contributed by atoms with Crippen molar-refractivity contribution < 1.29 is 14.3 Å². The highest BCUT2D eigenvalue weighted by Gasteiger charge is 2.26. The number of nitriles is 1. The van der Waals surface area contributed by atoms with Gasteiger partial charge in [0, 0.05) is 25.3 Å². The topological polar surface area (TPSA) is 73.6 Å². The second-order valence-corrected chi connectivity index (χ2v) is 8.95. The summed E-state index contributed by atoms with van der Waals surface area (Å²) in [6.45, 7) is 1.98. The Balaban J connectivity index is 1.33. The number of likely N-dealkylation sites (tertiary alicyclic amines) is 1. The van der Waals surface area contributed by atoms with E-state index in [2.05, 4.69) is 18.7 Å². The summed E-state index contributed by atoms with van der Waals surface area (Å²) in [7, 11) is 0. The molecule has 0 atom stereocenters. The smallest absolute Gasteiger partial charge is 0.410 e. The molecule has 0 radical (unpaired) electrons. The van der Waals surface area contributed by atoms with E-state index in [1.165, 1.54) is 0 Å². The number of amides is 2. The highest BCUT2D eigenvalue weighted by molar-refractivity contribution is 7.96. The van der Waals surface area contributed by atoms with Crippen molar-refractivity contribution >= 4 is 29.6 Å². The van der Waals surface area contributed by atoms with Crippen molar-refractivity contribution in [3.05, 3.63) is 90.0 Å². The molecule has 35 heavy (non-hydrogen) atoms. The van der Waals surface area contributed by atoms with E-state index in [1.807, 2.05) is 72.8 Å². The van der Waals surface area contributed by atoms with E-state index in [9.17, 15) is 14.9 Å². The summed E-state index contributed by atoms with van der Waals surface area (Å²) >= 11 is 4.10. The largest absolute Gasteiger partial charge is 0.445 e. The molecule has 1 fully saturated rings.